The SMILES string of the molecule is Cc1nc(-c2ccccn2)sc1OC(=O)Cl. The molecule has 0 aliphatic rings. The lowest BCUT2D eigenvalue weighted by atomic mass is 10.4. The first-order chi connectivity index (χ1) is 7.66. The molecule has 0 spiro atoms. The molecule has 2 aromatic heterocycles. The quantitative estimate of drug-likeness (QED) is 0.772. The van der Waals surface area contributed by atoms with Gasteiger partial charge in [-0.15, -0.1) is 0 Å². The molecule has 16 heavy (non-hydrogen) atoms. The van der Waals surface area contributed by atoms with Crippen molar-refractivity contribution in [1.29, 1.82) is 0 Å². The fourth-order valence-corrected chi connectivity index (χ4v) is 2.17. The van der Waals surface area contributed by atoms with E-state index in [9.17, 15) is 4.79 Å². The minimum Gasteiger partial charge on any atom is -0.401 e. The predicted octanol–water partition coefficient (Wildman–Crippen LogP) is 3.25. The van der Waals surface area contributed by atoms with E-state index in [0.717, 1.165) is 5.69 Å². The maximum Gasteiger partial charge on any atom is 0.410 e. The minimum atomic E-state index is -0.862. The number of carbonyl (C=O) groups is 1. The molecule has 82 valence electrons. The number of carbonyl (C=O) groups excluding carboxylic acids is 1. The molecule has 0 radical (unpaired) electrons. The Labute approximate surface area is 101 Å². The summed E-state index contributed by atoms with van der Waals surface area (Å²) in [5.41, 5.74) is 0.506. The zero-order chi connectivity index (χ0) is 11.5. The largest absolute Gasteiger partial charge is 0.410 e. The number of thiazole rings is 1. The van der Waals surface area contributed by atoms with Gasteiger partial charge in [-0.1, -0.05) is 17.4 Å². The first-order valence-corrected chi connectivity index (χ1v) is 5.62. The lowest BCUT2D eigenvalue weighted by molar-refractivity contribution is 0.226. The molecular weight excluding hydrogens is 248 g/mol. The molecule has 0 aromatic carbocycles. The van der Waals surface area contributed by atoms with Gasteiger partial charge in [-0.2, -0.15) is 0 Å². The Morgan fingerprint density at radius 3 is 2.94 bits per heavy atom. The van der Waals surface area contributed by atoms with Gasteiger partial charge in [0.25, 0.3) is 0 Å². The van der Waals surface area contributed by atoms with Gasteiger partial charge in [-0.3, -0.25) is 4.98 Å². The summed E-state index contributed by atoms with van der Waals surface area (Å²) in [5.74, 6) is 0. The molecule has 0 aliphatic carbocycles. The predicted molar refractivity (Wildman–Crippen MR) is 62.0 cm³/mol. The zero-order valence-electron chi connectivity index (χ0n) is 8.31. The van der Waals surface area contributed by atoms with E-state index in [0.29, 0.717) is 15.8 Å². The first kappa shape index (κ1) is 11.0. The zero-order valence-corrected chi connectivity index (χ0v) is 9.88. The van der Waals surface area contributed by atoms with Crippen molar-refractivity contribution in [3.8, 4) is 15.8 Å². The Morgan fingerprint density at radius 2 is 2.31 bits per heavy atom. The Kier molecular flexibility index (Phi) is 3.17. The van der Waals surface area contributed by atoms with Crippen molar-refractivity contribution in [3.63, 3.8) is 0 Å². The third-order valence-electron chi connectivity index (χ3n) is 1.81. The molecule has 2 rings (SSSR count). The molecule has 2 aromatic rings. The maximum atomic E-state index is 10.6. The fourth-order valence-electron chi connectivity index (χ4n) is 1.15. The van der Waals surface area contributed by atoms with E-state index in [1.165, 1.54) is 11.3 Å². The van der Waals surface area contributed by atoms with Crippen LogP contribution in [0.3, 0.4) is 0 Å². The van der Waals surface area contributed by atoms with Crippen molar-refractivity contribution in [2.24, 2.45) is 0 Å². The highest BCUT2D eigenvalue weighted by atomic mass is 35.5. The summed E-state index contributed by atoms with van der Waals surface area (Å²) in [5, 5.41) is 1.10. The van der Waals surface area contributed by atoms with Gasteiger partial charge >= 0.3 is 5.43 Å². The second-order valence-corrected chi connectivity index (χ2v) is 4.22. The van der Waals surface area contributed by atoms with Crippen molar-refractivity contribution in [1.82, 2.24) is 9.97 Å². The third kappa shape index (κ3) is 2.37. The molecular formula is C10H7ClN2O2S. The second kappa shape index (κ2) is 4.59. The molecule has 0 fully saturated rings. The molecule has 0 bridgehead atoms. The number of halogens is 1. The summed E-state index contributed by atoms with van der Waals surface area (Å²) in [6.07, 6.45) is 1.68. The van der Waals surface area contributed by atoms with Crippen LogP contribution in [0.5, 0.6) is 5.06 Å². The Balaban J connectivity index is 2.34. The van der Waals surface area contributed by atoms with Crippen LogP contribution in [0.25, 0.3) is 10.7 Å². The van der Waals surface area contributed by atoms with Crippen LogP contribution in [-0.4, -0.2) is 15.4 Å². The number of nitrogens with zero attached hydrogens (tertiary/aromatic N) is 2. The third-order valence-corrected chi connectivity index (χ3v) is 2.95. The van der Waals surface area contributed by atoms with Gasteiger partial charge in [0.2, 0.25) is 5.06 Å². The number of rotatable bonds is 2. The van der Waals surface area contributed by atoms with Crippen LogP contribution in [-0.2, 0) is 0 Å². The van der Waals surface area contributed by atoms with Crippen LogP contribution in [0.2, 0.25) is 0 Å². The summed E-state index contributed by atoms with van der Waals surface area (Å²) in [6, 6.07) is 5.53. The molecule has 6 heteroatoms. The summed E-state index contributed by atoms with van der Waals surface area (Å²) < 4.78 is 4.80. The maximum absolute atomic E-state index is 10.6. The van der Waals surface area contributed by atoms with Gasteiger partial charge in [0.1, 0.15) is 5.01 Å². The average molecular weight is 255 g/mol. The van der Waals surface area contributed by atoms with E-state index in [-0.39, 0.29) is 0 Å². The molecule has 2 heterocycles. The molecule has 0 atom stereocenters. The number of ether oxygens (including phenoxy) is 1. The number of pyridine rings is 1. The topological polar surface area (TPSA) is 52.1 Å². The van der Waals surface area contributed by atoms with Gasteiger partial charge in [0, 0.05) is 17.8 Å². The van der Waals surface area contributed by atoms with Crippen molar-refractivity contribution in [2.45, 2.75) is 6.92 Å². The summed E-state index contributed by atoms with van der Waals surface area (Å²) in [4.78, 5) is 19.0. The number of hydrogen-bond acceptors (Lipinski definition) is 5. The minimum absolute atomic E-state index is 0.403. The smallest absolute Gasteiger partial charge is 0.401 e. The summed E-state index contributed by atoms with van der Waals surface area (Å²) in [7, 11) is 0. The molecule has 0 N–H and O–H groups in total. The molecule has 0 amide bonds. The average Bonchev–Trinajstić information content (AvgIpc) is 2.61. The lowest BCUT2D eigenvalue weighted by Gasteiger charge is -1.93. The fraction of sp³-hybridized carbons (Fsp3) is 0.100. The van der Waals surface area contributed by atoms with Crippen LogP contribution >= 0.6 is 22.9 Å². The van der Waals surface area contributed by atoms with Crippen LogP contribution in [0, 0.1) is 6.92 Å². The molecule has 0 unspecified atom stereocenters. The van der Waals surface area contributed by atoms with E-state index >= 15 is 0 Å². The standard InChI is InChI=1S/C10H7ClN2O2S/c1-6-9(15-10(11)14)16-8(13-6)7-4-2-3-5-12-7/h2-5H,1H3. The van der Waals surface area contributed by atoms with Gasteiger partial charge in [-0.25, -0.2) is 9.78 Å². The number of hydrogen-bond donors (Lipinski definition) is 0. The Bertz CT molecular complexity index is 513. The van der Waals surface area contributed by atoms with Gasteiger partial charge in [0.15, 0.2) is 0 Å². The van der Waals surface area contributed by atoms with E-state index in [4.69, 9.17) is 16.3 Å². The van der Waals surface area contributed by atoms with Gasteiger partial charge < -0.3 is 4.74 Å². The van der Waals surface area contributed by atoms with Crippen LogP contribution in [0.4, 0.5) is 4.79 Å². The van der Waals surface area contributed by atoms with Crippen LogP contribution in [0.15, 0.2) is 24.4 Å². The highest BCUT2D eigenvalue weighted by Gasteiger charge is 2.13. The van der Waals surface area contributed by atoms with E-state index in [1.807, 2.05) is 18.2 Å². The first-order valence-electron chi connectivity index (χ1n) is 4.43. The van der Waals surface area contributed by atoms with Crippen LogP contribution < -0.4 is 4.74 Å². The van der Waals surface area contributed by atoms with E-state index < -0.39 is 5.43 Å². The van der Waals surface area contributed by atoms with Crippen molar-refractivity contribution >= 4 is 28.4 Å². The molecule has 0 saturated heterocycles. The monoisotopic (exact) mass is 254 g/mol. The molecule has 0 saturated carbocycles. The van der Waals surface area contributed by atoms with E-state index in [2.05, 4.69) is 9.97 Å². The van der Waals surface area contributed by atoms with Gasteiger partial charge in [0.05, 0.1) is 11.4 Å². The second-order valence-electron chi connectivity index (χ2n) is 2.95. The molecule has 0 aliphatic heterocycles. The Morgan fingerprint density at radius 1 is 1.50 bits per heavy atom. The highest BCUT2D eigenvalue weighted by molar-refractivity contribution is 7.17. The highest BCUT2D eigenvalue weighted by Crippen LogP contribution is 2.32. The van der Waals surface area contributed by atoms with Gasteiger partial charge in [-0.05, 0) is 19.1 Å². The van der Waals surface area contributed by atoms with E-state index in [1.54, 1.807) is 13.1 Å². The lowest BCUT2D eigenvalue weighted by Crippen LogP contribution is -1.94. The van der Waals surface area contributed by atoms with Crippen molar-refractivity contribution in [2.75, 3.05) is 0 Å². The van der Waals surface area contributed by atoms with Crippen LogP contribution in [0.1, 0.15) is 5.69 Å². The number of aromatic nitrogens is 2. The summed E-state index contributed by atoms with van der Waals surface area (Å²) >= 11 is 6.38. The normalized spacial score (nSPS) is 10.1. The van der Waals surface area contributed by atoms with Crippen molar-refractivity contribution < 1.29 is 9.53 Å². The number of aryl methyl sites for hydroxylation is 1. The molecule has 4 nitrogen and oxygen atoms in total. The Hall–Kier alpha value is -1.46. The summed E-state index contributed by atoms with van der Waals surface area (Å²) in [6.45, 7) is 1.75. The van der Waals surface area contributed by atoms with Crippen molar-refractivity contribution in [3.05, 3.63) is 30.1 Å².